The maximum Gasteiger partial charge on any atom is 0.416 e. The summed E-state index contributed by atoms with van der Waals surface area (Å²) in [6, 6.07) is 3.74. The van der Waals surface area contributed by atoms with Gasteiger partial charge in [-0.25, -0.2) is 0 Å². The van der Waals surface area contributed by atoms with E-state index in [0.717, 1.165) is 12.1 Å². The zero-order chi connectivity index (χ0) is 12.3. The molecule has 0 bridgehead atoms. The Kier molecular flexibility index (Phi) is 3.73. The first kappa shape index (κ1) is 12.7. The Hall–Kier alpha value is -1.32. The van der Waals surface area contributed by atoms with Crippen LogP contribution in [0.4, 0.5) is 13.2 Å². The highest BCUT2D eigenvalue weighted by Crippen LogP contribution is 2.30. The molecule has 0 unspecified atom stereocenters. The van der Waals surface area contributed by atoms with Crippen molar-refractivity contribution in [3.8, 4) is 0 Å². The maximum atomic E-state index is 12.5. The van der Waals surface area contributed by atoms with Crippen molar-refractivity contribution >= 4 is 5.78 Å². The SMILES string of the molecule is CCC(=O)Cc1cc(C)cc(C(F)(F)F)c1. The van der Waals surface area contributed by atoms with Crippen LogP contribution in [-0.2, 0) is 17.4 Å². The summed E-state index contributed by atoms with van der Waals surface area (Å²) in [5.74, 6) is -0.0567. The van der Waals surface area contributed by atoms with Gasteiger partial charge in [0.25, 0.3) is 0 Å². The van der Waals surface area contributed by atoms with E-state index in [4.69, 9.17) is 0 Å². The lowest BCUT2D eigenvalue weighted by Crippen LogP contribution is -2.08. The van der Waals surface area contributed by atoms with Crippen molar-refractivity contribution in [2.45, 2.75) is 32.9 Å². The van der Waals surface area contributed by atoms with E-state index in [1.165, 1.54) is 0 Å². The normalized spacial score (nSPS) is 11.6. The van der Waals surface area contributed by atoms with Crippen LogP contribution in [-0.4, -0.2) is 5.78 Å². The molecule has 0 atom stereocenters. The lowest BCUT2D eigenvalue weighted by molar-refractivity contribution is -0.137. The molecule has 88 valence electrons. The Morgan fingerprint density at radius 3 is 2.38 bits per heavy atom. The molecule has 1 aromatic carbocycles. The molecule has 0 N–H and O–H groups in total. The second-order valence-corrected chi connectivity index (χ2v) is 3.77. The van der Waals surface area contributed by atoms with Crippen LogP contribution in [0.5, 0.6) is 0 Å². The predicted molar refractivity (Wildman–Crippen MR) is 55.2 cm³/mol. The predicted octanol–water partition coefficient (Wildman–Crippen LogP) is 3.54. The number of alkyl halides is 3. The molecular weight excluding hydrogens is 217 g/mol. The number of aryl methyl sites for hydroxylation is 1. The smallest absolute Gasteiger partial charge is 0.299 e. The lowest BCUT2D eigenvalue weighted by atomic mass is 10.0. The summed E-state index contributed by atoms with van der Waals surface area (Å²) in [7, 11) is 0. The van der Waals surface area contributed by atoms with Crippen LogP contribution in [0.3, 0.4) is 0 Å². The average molecular weight is 230 g/mol. The molecule has 1 nitrogen and oxygen atoms in total. The molecule has 0 aliphatic heterocycles. The fraction of sp³-hybridized carbons (Fsp3) is 0.417. The second-order valence-electron chi connectivity index (χ2n) is 3.77. The number of hydrogen-bond acceptors (Lipinski definition) is 1. The molecule has 0 aliphatic rings. The van der Waals surface area contributed by atoms with Crippen molar-refractivity contribution < 1.29 is 18.0 Å². The summed E-state index contributed by atoms with van der Waals surface area (Å²) in [4.78, 5) is 11.2. The molecule has 0 heterocycles. The van der Waals surface area contributed by atoms with Gasteiger partial charge in [-0.1, -0.05) is 18.6 Å². The minimum Gasteiger partial charge on any atom is -0.299 e. The van der Waals surface area contributed by atoms with E-state index < -0.39 is 11.7 Å². The second kappa shape index (κ2) is 4.68. The highest BCUT2D eigenvalue weighted by Gasteiger charge is 2.30. The maximum absolute atomic E-state index is 12.5. The molecule has 1 aromatic rings. The third kappa shape index (κ3) is 3.36. The zero-order valence-electron chi connectivity index (χ0n) is 9.19. The number of halogens is 3. The monoisotopic (exact) mass is 230 g/mol. The molecule has 4 heteroatoms. The standard InChI is InChI=1S/C12H13F3O/c1-3-11(16)7-9-4-8(2)5-10(6-9)12(13,14)15/h4-6H,3,7H2,1-2H3. The Morgan fingerprint density at radius 1 is 1.25 bits per heavy atom. The molecule has 0 aromatic heterocycles. The first-order valence-corrected chi connectivity index (χ1v) is 5.02. The van der Waals surface area contributed by atoms with Crippen molar-refractivity contribution in [1.29, 1.82) is 0 Å². The molecule has 0 fully saturated rings. The van der Waals surface area contributed by atoms with E-state index in [0.29, 0.717) is 17.5 Å². The molecule has 0 radical (unpaired) electrons. The van der Waals surface area contributed by atoms with Crippen LogP contribution in [0, 0.1) is 6.92 Å². The van der Waals surface area contributed by atoms with Crippen LogP contribution in [0.1, 0.15) is 30.0 Å². The Bertz CT molecular complexity index is 394. The van der Waals surface area contributed by atoms with Crippen LogP contribution < -0.4 is 0 Å². The number of rotatable bonds is 3. The fourth-order valence-electron chi connectivity index (χ4n) is 1.48. The van der Waals surface area contributed by atoms with Gasteiger partial charge in [-0.05, 0) is 24.6 Å². The third-order valence-corrected chi connectivity index (χ3v) is 2.26. The largest absolute Gasteiger partial charge is 0.416 e. The topological polar surface area (TPSA) is 17.1 Å². The van der Waals surface area contributed by atoms with Crippen molar-refractivity contribution in [2.75, 3.05) is 0 Å². The summed E-state index contributed by atoms with van der Waals surface area (Å²) in [6.45, 7) is 3.29. The summed E-state index contributed by atoms with van der Waals surface area (Å²) >= 11 is 0. The first-order chi connectivity index (χ1) is 7.32. The van der Waals surface area contributed by atoms with Crippen molar-refractivity contribution in [3.63, 3.8) is 0 Å². The summed E-state index contributed by atoms with van der Waals surface area (Å²) in [6.07, 6.45) is -3.94. The van der Waals surface area contributed by atoms with Crippen LogP contribution in [0.2, 0.25) is 0 Å². The summed E-state index contributed by atoms with van der Waals surface area (Å²) < 4.78 is 37.4. The van der Waals surface area contributed by atoms with Crippen molar-refractivity contribution in [3.05, 3.63) is 34.9 Å². The van der Waals surface area contributed by atoms with E-state index in [9.17, 15) is 18.0 Å². The van der Waals surface area contributed by atoms with E-state index in [1.54, 1.807) is 19.9 Å². The lowest BCUT2D eigenvalue weighted by Gasteiger charge is -2.10. The van der Waals surface area contributed by atoms with Gasteiger partial charge in [0.1, 0.15) is 5.78 Å². The number of benzene rings is 1. The molecule has 0 saturated heterocycles. The van der Waals surface area contributed by atoms with Gasteiger partial charge in [-0.2, -0.15) is 13.2 Å². The van der Waals surface area contributed by atoms with Gasteiger partial charge < -0.3 is 0 Å². The summed E-state index contributed by atoms with van der Waals surface area (Å²) in [5, 5.41) is 0. The Morgan fingerprint density at radius 2 is 1.88 bits per heavy atom. The fourth-order valence-corrected chi connectivity index (χ4v) is 1.48. The Balaban J connectivity index is 3.04. The molecule has 16 heavy (non-hydrogen) atoms. The quantitative estimate of drug-likeness (QED) is 0.776. The van der Waals surface area contributed by atoms with Gasteiger partial charge in [-0.3, -0.25) is 4.79 Å². The van der Waals surface area contributed by atoms with Gasteiger partial charge in [-0.15, -0.1) is 0 Å². The van der Waals surface area contributed by atoms with Gasteiger partial charge in [0.2, 0.25) is 0 Å². The minimum atomic E-state index is -4.35. The van der Waals surface area contributed by atoms with E-state index >= 15 is 0 Å². The van der Waals surface area contributed by atoms with Gasteiger partial charge in [0.15, 0.2) is 0 Å². The van der Waals surface area contributed by atoms with Gasteiger partial charge in [0, 0.05) is 12.8 Å². The molecule has 1 rings (SSSR count). The van der Waals surface area contributed by atoms with Gasteiger partial charge >= 0.3 is 6.18 Å². The van der Waals surface area contributed by atoms with E-state index in [2.05, 4.69) is 0 Å². The van der Waals surface area contributed by atoms with Crippen molar-refractivity contribution in [2.24, 2.45) is 0 Å². The number of carbonyl (C=O) groups is 1. The number of carbonyl (C=O) groups excluding carboxylic acids is 1. The third-order valence-electron chi connectivity index (χ3n) is 2.26. The van der Waals surface area contributed by atoms with E-state index in [-0.39, 0.29) is 12.2 Å². The van der Waals surface area contributed by atoms with Crippen molar-refractivity contribution in [1.82, 2.24) is 0 Å². The van der Waals surface area contributed by atoms with Crippen LogP contribution in [0.25, 0.3) is 0 Å². The molecule has 0 saturated carbocycles. The highest BCUT2D eigenvalue weighted by atomic mass is 19.4. The van der Waals surface area contributed by atoms with Crippen LogP contribution in [0.15, 0.2) is 18.2 Å². The minimum absolute atomic E-state index is 0.0567. The van der Waals surface area contributed by atoms with Gasteiger partial charge in [0.05, 0.1) is 5.56 Å². The molecular formula is C12H13F3O. The zero-order valence-corrected chi connectivity index (χ0v) is 9.19. The summed E-state index contributed by atoms with van der Waals surface area (Å²) in [5.41, 5.74) is 0.263. The van der Waals surface area contributed by atoms with E-state index in [1.807, 2.05) is 0 Å². The molecule has 0 amide bonds. The number of Topliss-reactive ketones (excluding diaryl/α,β-unsaturated/α-hetero) is 1. The highest BCUT2D eigenvalue weighted by molar-refractivity contribution is 5.80. The number of hydrogen-bond donors (Lipinski definition) is 0. The first-order valence-electron chi connectivity index (χ1n) is 5.02. The average Bonchev–Trinajstić information content (AvgIpc) is 2.15. The van der Waals surface area contributed by atoms with Crippen LogP contribution >= 0.6 is 0 Å². The number of ketones is 1. The molecule has 0 aliphatic carbocycles. The molecule has 0 spiro atoms. The Labute approximate surface area is 92.3 Å².